The number of urea groups is 1. The predicted octanol–water partition coefficient (Wildman–Crippen LogP) is 2.95. The molecule has 1 aromatic rings. The highest BCUT2D eigenvalue weighted by Crippen LogP contribution is 2.14. The van der Waals surface area contributed by atoms with E-state index in [1.807, 2.05) is 45.0 Å². The molecule has 2 atom stereocenters. The van der Waals surface area contributed by atoms with Crippen LogP contribution in [0.1, 0.15) is 44.4 Å². The van der Waals surface area contributed by atoms with Crippen molar-refractivity contribution in [2.45, 2.75) is 46.2 Å². The van der Waals surface area contributed by atoms with E-state index in [0.29, 0.717) is 6.54 Å². The molecule has 2 unspecified atom stereocenters. The number of aryl methyl sites for hydroxylation is 1. The minimum absolute atomic E-state index is 0.0554. The summed E-state index contributed by atoms with van der Waals surface area (Å²) >= 11 is 0. The van der Waals surface area contributed by atoms with E-state index in [9.17, 15) is 9.59 Å². The first-order chi connectivity index (χ1) is 9.85. The highest BCUT2D eigenvalue weighted by molar-refractivity contribution is 5.76. The average Bonchev–Trinajstić information content (AvgIpc) is 2.39. The summed E-state index contributed by atoms with van der Waals surface area (Å²) in [5.74, 6) is -0.902. The number of rotatable bonds is 6. The second-order valence-electron chi connectivity index (χ2n) is 5.31. The predicted molar refractivity (Wildman–Crippen MR) is 82.2 cm³/mol. The van der Waals surface area contributed by atoms with Crippen molar-refractivity contribution < 1.29 is 14.7 Å². The first-order valence-electron chi connectivity index (χ1n) is 7.20. The highest BCUT2D eigenvalue weighted by atomic mass is 16.4. The number of benzene rings is 1. The van der Waals surface area contributed by atoms with Gasteiger partial charge in [-0.05, 0) is 33.3 Å². The topological polar surface area (TPSA) is 69.6 Å². The molecule has 0 heterocycles. The van der Waals surface area contributed by atoms with E-state index in [1.165, 1.54) is 5.56 Å². The minimum atomic E-state index is -0.902. The van der Waals surface area contributed by atoms with Gasteiger partial charge in [0.2, 0.25) is 0 Å². The number of carbonyl (C=O) groups is 2. The molecule has 2 N–H and O–H groups in total. The Morgan fingerprint density at radius 1 is 1.24 bits per heavy atom. The van der Waals surface area contributed by atoms with E-state index in [0.717, 1.165) is 5.56 Å². The summed E-state index contributed by atoms with van der Waals surface area (Å²) in [6, 6.07) is 7.28. The molecule has 0 saturated carbocycles. The molecule has 0 aliphatic rings. The van der Waals surface area contributed by atoms with Crippen molar-refractivity contribution in [2.24, 2.45) is 0 Å². The van der Waals surface area contributed by atoms with Crippen LogP contribution in [-0.4, -0.2) is 34.6 Å². The molecule has 1 rings (SSSR count). The van der Waals surface area contributed by atoms with Crippen LogP contribution in [0.25, 0.3) is 0 Å². The van der Waals surface area contributed by atoms with Crippen molar-refractivity contribution in [3.63, 3.8) is 0 Å². The molecule has 5 nitrogen and oxygen atoms in total. The van der Waals surface area contributed by atoms with Gasteiger partial charge in [-0.2, -0.15) is 0 Å². The summed E-state index contributed by atoms with van der Waals surface area (Å²) in [7, 11) is 0. The van der Waals surface area contributed by atoms with Gasteiger partial charge in [0.1, 0.15) is 0 Å². The first kappa shape index (κ1) is 17.0. The van der Waals surface area contributed by atoms with Gasteiger partial charge in [0, 0.05) is 12.6 Å². The Morgan fingerprint density at radius 2 is 1.81 bits per heavy atom. The van der Waals surface area contributed by atoms with E-state index < -0.39 is 5.97 Å². The second kappa shape index (κ2) is 7.67. The summed E-state index contributed by atoms with van der Waals surface area (Å²) in [5.41, 5.74) is 2.19. The van der Waals surface area contributed by atoms with E-state index in [1.54, 1.807) is 11.8 Å². The van der Waals surface area contributed by atoms with Crippen LogP contribution in [0.15, 0.2) is 24.3 Å². The molecule has 0 aliphatic heterocycles. The Hall–Kier alpha value is -2.04. The van der Waals surface area contributed by atoms with Crippen LogP contribution in [0.3, 0.4) is 0 Å². The fourth-order valence-corrected chi connectivity index (χ4v) is 2.22. The lowest BCUT2D eigenvalue weighted by Gasteiger charge is -2.29. The number of nitrogens with zero attached hydrogens (tertiary/aromatic N) is 1. The van der Waals surface area contributed by atoms with Crippen molar-refractivity contribution >= 4 is 12.0 Å². The molecule has 21 heavy (non-hydrogen) atoms. The fourth-order valence-electron chi connectivity index (χ4n) is 2.22. The van der Waals surface area contributed by atoms with Crippen LogP contribution in [0.4, 0.5) is 4.79 Å². The zero-order valence-corrected chi connectivity index (χ0v) is 13.1. The third-order valence-electron chi connectivity index (χ3n) is 3.52. The average molecular weight is 292 g/mol. The maximum atomic E-state index is 12.3. The molecule has 1 aromatic carbocycles. The Balaban J connectivity index is 2.68. The molecule has 0 bridgehead atoms. The van der Waals surface area contributed by atoms with E-state index >= 15 is 0 Å². The lowest BCUT2D eigenvalue weighted by atomic mass is 10.1. The third-order valence-corrected chi connectivity index (χ3v) is 3.52. The monoisotopic (exact) mass is 292 g/mol. The maximum absolute atomic E-state index is 12.3. The van der Waals surface area contributed by atoms with Crippen LogP contribution in [-0.2, 0) is 4.79 Å². The Morgan fingerprint density at radius 3 is 2.29 bits per heavy atom. The van der Waals surface area contributed by atoms with E-state index in [2.05, 4.69) is 5.32 Å². The third kappa shape index (κ3) is 5.10. The van der Waals surface area contributed by atoms with Crippen molar-refractivity contribution in [1.82, 2.24) is 10.2 Å². The van der Waals surface area contributed by atoms with Gasteiger partial charge < -0.3 is 15.3 Å². The zero-order chi connectivity index (χ0) is 16.0. The molecule has 116 valence electrons. The molecular weight excluding hydrogens is 268 g/mol. The second-order valence-corrected chi connectivity index (χ2v) is 5.31. The number of hydrogen-bond donors (Lipinski definition) is 2. The number of aliphatic carboxylic acids is 1. The summed E-state index contributed by atoms with van der Waals surface area (Å²) in [5, 5.41) is 11.8. The van der Waals surface area contributed by atoms with E-state index in [-0.39, 0.29) is 24.5 Å². The molecule has 0 radical (unpaired) electrons. The van der Waals surface area contributed by atoms with Gasteiger partial charge in [-0.25, -0.2) is 4.79 Å². The standard InChI is InChI=1S/C16H24N2O3/c1-5-18(12(3)10-15(19)20)16(21)17-13(4)14-8-6-11(2)7-9-14/h6-9,12-13H,5,10H2,1-4H3,(H,17,21)(H,19,20). The number of carboxylic acid groups (broad SMARTS) is 1. The summed E-state index contributed by atoms with van der Waals surface area (Å²) in [6.07, 6.45) is -0.0554. The zero-order valence-electron chi connectivity index (χ0n) is 13.1. The van der Waals surface area contributed by atoms with Crippen LogP contribution in [0.5, 0.6) is 0 Å². The molecule has 5 heteroatoms. The molecule has 2 amide bonds. The van der Waals surface area contributed by atoms with Gasteiger partial charge in [-0.1, -0.05) is 29.8 Å². The van der Waals surface area contributed by atoms with Crippen molar-refractivity contribution in [2.75, 3.05) is 6.54 Å². The lowest BCUT2D eigenvalue weighted by Crippen LogP contribution is -2.46. The molecular formula is C16H24N2O3. The fraction of sp³-hybridized carbons (Fsp3) is 0.500. The van der Waals surface area contributed by atoms with Gasteiger partial charge in [0.15, 0.2) is 0 Å². The van der Waals surface area contributed by atoms with Crippen molar-refractivity contribution in [3.8, 4) is 0 Å². The van der Waals surface area contributed by atoms with Crippen LogP contribution >= 0.6 is 0 Å². The Labute approximate surface area is 126 Å². The van der Waals surface area contributed by atoms with E-state index in [4.69, 9.17) is 5.11 Å². The van der Waals surface area contributed by atoms with Gasteiger partial charge >= 0.3 is 12.0 Å². The Bertz CT molecular complexity index is 485. The van der Waals surface area contributed by atoms with Crippen molar-refractivity contribution in [1.29, 1.82) is 0 Å². The smallest absolute Gasteiger partial charge is 0.318 e. The van der Waals surface area contributed by atoms with Crippen molar-refractivity contribution in [3.05, 3.63) is 35.4 Å². The van der Waals surface area contributed by atoms with Gasteiger partial charge in [-0.3, -0.25) is 4.79 Å². The molecule has 0 fully saturated rings. The number of amides is 2. The highest BCUT2D eigenvalue weighted by Gasteiger charge is 2.22. The molecule has 0 aliphatic carbocycles. The lowest BCUT2D eigenvalue weighted by molar-refractivity contribution is -0.138. The molecule has 0 saturated heterocycles. The number of carboxylic acids is 1. The minimum Gasteiger partial charge on any atom is -0.481 e. The number of nitrogens with one attached hydrogen (secondary N) is 1. The summed E-state index contributed by atoms with van der Waals surface area (Å²) in [4.78, 5) is 24.6. The normalized spacial score (nSPS) is 13.3. The van der Waals surface area contributed by atoms with Crippen LogP contribution in [0, 0.1) is 6.92 Å². The molecule has 0 aromatic heterocycles. The summed E-state index contributed by atoms with van der Waals surface area (Å²) < 4.78 is 0. The largest absolute Gasteiger partial charge is 0.481 e. The summed E-state index contributed by atoms with van der Waals surface area (Å²) in [6.45, 7) is 7.99. The quantitative estimate of drug-likeness (QED) is 0.847. The molecule has 0 spiro atoms. The maximum Gasteiger partial charge on any atom is 0.318 e. The number of carbonyl (C=O) groups excluding carboxylic acids is 1. The SMILES string of the molecule is CCN(C(=O)NC(C)c1ccc(C)cc1)C(C)CC(=O)O. The Kier molecular flexibility index (Phi) is 6.21. The van der Waals surface area contributed by atoms with Gasteiger partial charge in [0.05, 0.1) is 12.5 Å². The van der Waals surface area contributed by atoms with Crippen LogP contribution in [0.2, 0.25) is 0 Å². The van der Waals surface area contributed by atoms with Gasteiger partial charge in [0.25, 0.3) is 0 Å². The van der Waals surface area contributed by atoms with Gasteiger partial charge in [-0.15, -0.1) is 0 Å². The number of hydrogen-bond acceptors (Lipinski definition) is 2. The van der Waals surface area contributed by atoms with Crippen LogP contribution < -0.4 is 5.32 Å². The first-order valence-corrected chi connectivity index (χ1v) is 7.20.